The summed E-state index contributed by atoms with van der Waals surface area (Å²) in [5.74, 6) is 1.10. The van der Waals surface area contributed by atoms with Crippen LogP contribution in [0.4, 0.5) is 0 Å². The number of allylic oxidation sites excluding steroid dienone is 1. The van der Waals surface area contributed by atoms with Gasteiger partial charge in [0.1, 0.15) is 17.1 Å². The van der Waals surface area contributed by atoms with Gasteiger partial charge in [-0.3, -0.25) is 0 Å². The Kier molecular flexibility index (Phi) is 4.09. The van der Waals surface area contributed by atoms with Gasteiger partial charge in [-0.1, -0.05) is 71.8 Å². The molecule has 5 rings (SSSR count). The van der Waals surface area contributed by atoms with Crippen LogP contribution < -0.4 is 10.4 Å². The van der Waals surface area contributed by atoms with Gasteiger partial charge in [0, 0.05) is 11.5 Å². The lowest BCUT2D eigenvalue weighted by Gasteiger charge is -2.25. The highest BCUT2D eigenvalue weighted by Crippen LogP contribution is 2.43. The SMILES string of the molecule is Cc1ccc(C2C=C(c3ccccc3)Oc3c2c(=O)oc2ccc(C)cc32)cc1. The van der Waals surface area contributed by atoms with E-state index in [9.17, 15) is 4.79 Å². The molecule has 1 unspecified atom stereocenters. The molecular weight excluding hydrogens is 360 g/mol. The second kappa shape index (κ2) is 6.78. The number of hydrogen-bond donors (Lipinski definition) is 0. The molecule has 0 amide bonds. The van der Waals surface area contributed by atoms with Crippen molar-refractivity contribution in [2.45, 2.75) is 19.8 Å². The maximum atomic E-state index is 13.0. The van der Waals surface area contributed by atoms with E-state index < -0.39 is 0 Å². The molecule has 0 saturated heterocycles. The van der Waals surface area contributed by atoms with Crippen LogP contribution in [0.2, 0.25) is 0 Å². The third-order valence-corrected chi connectivity index (χ3v) is 5.38. The molecule has 29 heavy (non-hydrogen) atoms. The molecule has 0 fully saturated rings. The predicted molar refractivity (Wildman–Crippen MR) is 115 cm³/mol. The first-order valence-corrected chi connectivity index (χ1v) is 9.69. The van der Waals surface area contributed by atoms with E-state index in [1.807, 2.05) is 61.5 Å². The molecule has 1 atom stereocenters. The first-order chi connectivity index (χ1) is 14.1. The molecule has 1 aromatic heterocycles. The summed E-state index contributed by atoms with van der Waals surface area (Å²) in [4.78, 5) is 13.0. The van der Waals surface area contributed by atoms with E-state index in [0.29, 0.717) is 16.9 Å². The number of rotatable bonds is 2. The van der Waals surface area contributed by atoms with Crippen LogP contribution in [0.25, 0.3) is 16.7 Å². The summed E-state index contributed by atoms with van der Waals surface area (Å²) in [5.41, 5.74) is 5.00. The van der Waals surface area contributed by atoms with E-state index in [0.717, 1.165) is 27.8 Å². The second-order valence-electron chi connectivity index (χ2n) is 7.52. The van der Waals surface area contributed by atoms with Crippen molar-refractivity contribution in [3.8, 4) is 5.75 Å². The van der Waals surface area contributed by atoms with E-state index in [-0.39, 0.29) is 11.5 Å². The van der Waals surface area contributed by atoms with Gasteiger partial charge in [-0.2, -0.15) is 0 Å². The third-order valence-electron chi connectivity index (χ3n) is 5.38. The Morgan fingerprint density at radius 1 is 0.828 bits per heavy atom. The Balaban J connectivity index is 1.80. The van der Waals surface area contributed by atoms with Gasteiger partial charge in [-0.15, -0.1) is 0 Å². The molecule has 3 heteroatoms. The lowest BCUT2D eigenvalue weighted by molar-refractivity contribution is 0.472. The fraction of sp³-hybridized carbons (Fsp3) is 0.115. The molecule has 0 saturated carbocycles. The number of aryl methyl sites for hydroxylation is 2. The molecule has 4 aromatic rings. The minimum absolute atomic E-state index is 0.240. The molecule has 0 N–H and O–H groups in total. The maximum absolute atomic E-state index is 13.0. The zero-order valence-corrected chi connectivity index (χ0v) is 16.3. The van der Waals surface area contributed by atoms with Gasteiger partial charge in [0.15, 0.2) is 0 Å². The van der Waals surface area contributed by atoms with E-state index in [2.05, 4.69) is 31.2 Å². The lowest BCUT2D eigenvalue weighted by Crippen LogP contribution is -2.19. The van der Waals surface area contributed by atoms with Crippen LogP contribution in [0, 0.1) is 13.8 Å². The predicted octanol–water partition coefficient (Wildman–Crippen LogP) is 5.98. The van der Waals surface area contributed by atoms with Crippen molar-refractivity contribution in [3.63, 3.8) is 0 Å². The monoisotopic (exact) mass is 380 g/mol. The van der Waals surface area contributed by atoms with Gasteiger partial charge in [-0.05, 0) is 37.6 Å². The third kappa shape index (κ3) is 3.05. The highest BCUT2D eigenvalue weighted by Gasteiger charge is 2.30. The van der Waals surface area contributed by atoms with Crippen molar-refractivity contribution in [2.75, 3.05) is 0 Å². The molecule has 0 radical (unpaired) electrons. The zero-order valence-electron chi connectivity index (χ0n) is 16.3. The topological polar surface area (TPSA) is 39.4 Å². The van der Waals surface area contributed by atoms with Crippen LogP contribution >= 0.6 is 0 Å². The largest absolute Gasteiger partial charge is 0.456 e. The molecule has 2 heterocycles. The molecule has 0 aliphatic carbocycles. The highest BCUT2D eigenvalue weighted by atomic mass is 16.5. The molecule has 3 nitrogen and oxygen atoms in total. The van der Waals surface area contributed by atoms with Crippen LogP contribution in [0.15, 0.2) is 88.1 Å². The van der Waals surface area contributed by atoms with Crippen molar-refractivity contribution < 1.29 is 9.15 Å². The van der Waals surface area contributed by atoms with Crippen LogP contribution in [-0.4, -0.2) is 0 Å². The van der Waals surface area contributed by atoms with Crippen LogP contribution in [0.3, 0.4) is 0 Å². The molecule has 1 aliphatic rings. The first kappa shape index (κ1) is 17.5. The average molecular weight is 380 g/mol. The van der Waals surface area contributed by atoms with Crippen molar-refractivity contribution in [1.82, 2.24) is 0 Å². The normalized spacial score (nSPS) is 15.5. The van der Waals surface area contributed by atoms with Crippen molar-refractivity contribution in [2.24, 2.45) is 0 Å². The van der Waals surface area contributed by atoms with Gasteiger partial charge in [0.25, 0.3) is 0 Å². The summed E-state index contributed by atoms with van der Waals surface area (Å²) in [6.45, 7) is 4.07. The van der Waals surface area contributed by atoms with Crippen LogP contribution in [0.1, 0.15) is 33.7 Å². The Morgan fingerprint density at radius 2 is 1.55 bits per heavy atom. The first-order valence-electron chi connectivity index (χ1n) is 9.69. The van der Waals surface area contributed by atoms with E-state index in [1.54, 1.807) is 0 Å². The minimum atomic E-state index is -0.356. The zero-order chi connectivity index (χ0) is 20.0. The lowest BCUT2D eigenvalue weighted by atomic mass is 9.87. The summed E-state index contributed by atoms with van der Waals surface area (Å²) in [6, 6.07) is 24.0. The number of hydrogen-bond acceptors (Lipinski definition) is 3. The quantitative estimate of drug-likeness (QED) is 0.402. The average Bonchev–Trinajstić information content (AvgIpc) is 2.75. The Bertz CT molecular complexity index is 1300. The molecule has 3 aromatic carbocycles. The maximum Gasteiger partial charge on any atom is 0.344 e. The number of ether oxygens (including phenoxy) is 1. The Morgan fingerprint density at radius 3 is 2.31 bits per heavy atom. The standard InChI is InChI=1S/C26H20O3/c1-16-8-11-18(12-9-16)20-15-23(19-6-4-3-5-7-19)28-25-21-14-17(2)10-13-22(21)29-26(27)24(20)25/h3-15,20H,1-2H3. The summed E-state index contributed by atoms with van der Waals surface area (Å²) in [7, 11) is 0. The van der Waals surface area contributed by atoms with Crippen molar-refractivity contribution in [3.05, 3.63) is 117 Å². The van der Waals surface area contributed by atoms with Crippen molar-refractivity contribution in [1.29, 1.82) is 0 Å². The summed E-state index contributed by atoms with van der Waals surface area (Å²) in [6.07, 6.45) is 2.01. The summed E-state index contributed by atoms with van der Waals surface area (Å²) in [5, 5.41) is 0.818. The Hall–Kier alpha value is -3.59. The summed E-state index contributed by atoms with van der Waals surface area (Å²) >= 11 is 0. The second-order valence-corrected chi connectivity index (χ2v) is 7.52. The molecule has 142 valence electrons. The fourth-order valence-electron chi connectivity index (χ4n) is 3.85. The molecular formula is C26H20O3. The minimum Gasteiger partial charge on any atom is -0.456 e. The molecule has 1 aliphatic heterocycles. The Labute approximate surface area is 168 Å². The van der Waals surface area contributed by atoms with Crippen LogP contribution in [-0.2, 0) is 0 Å². The van der Waals surface area contributed by atoms with Crippen molar-refractivity contribution >= 4 is 16.7 Å². The van der Waals surface area contributed by atoms with Gasteiger partial charge < -0.3 is 9.15 Å². The van der Waals surface area contributed by atoms with E-state index in [1.165, 1.54) is 5.56 Å². The van der Waals surface area contributed by atoms with Gasteiger partial charge in [-0.25, -0.2) is 4.79 Å². The molecule has 0 bridgehead atoms. The smallest absolute Gasteiger partial charge is 0.344 e. The van der Waals surface area contributed by atoms with Crippen LogP contribution in [0.5, 0.6) is 5.75 Å². The number of benzene rings is 3. The fourth-order valence-corrected chi connectivity index (χ4v) is 3.85. The summed E-state index contributed by atoms with van der Waals surface area (Å²) < 4.78 is 12.0. The highest BCUT2D eigenvalue weighted by molar-refractivity contribution is 5.88. The molecule has 0 spiro atoms. The van der Waals surface area contributed by atoms with Gasteiger partial charge in [0.2, 0.25) is 0 Å². The van der Waals surface area contributed by atoms with Gasteiger partial charge >= 0.3 is 5.63 Å². The van der Waals surface area contributed by atoms with E-state index in [4.69, 9.17) is 9.15 Å². The number of fused-ring (bicyclic) bond motifs is 3. The van der Waals surface area contributed by atoms with E-state index >= 15 is 0 Å². The van der Waals surface area contributed by atoms with Gasteiger partial charge in [0.05, 0.1) is 10.9 Å².